The highest BCUT2D eigenvalue weighted by Crippen LogP contribution is 2.36. The van der Waals surface area contributed by atoms with Gasteiger partial charge < -0.3 is 29.6 Å². The van der Waals surface area contributed by atoms with Crippen LogP contribution in [-0.4, -0.2) is 77.9 Å². The summed E-state index contributed by atoms with van der Waals surface area (Å²) in [6, 6.07) is 7.62. The molecule has 0 saturated carbocycles. The fourth-order valence-electron chi connectivity index (χ4n) is 3.86. The topological polar surface area (TPSA) is 112 Å². The number of hydrogen-bond acceptors (Lipinski definition) is 9. The number of piperazine rings is 1. The van der Waals surface area contributed by atoms with E-state index in [9.17, 15) is 9.18 Å². The van der Waals surface area contributed by atoms with Gasteiger partial charge in [-0.05, 0) is 39.0 Å². The first-order chi connectivity index (χ1) is 17.6. The lowest BCUT2D eigenvalue weighted by Crippen LogP contribution is -2.50. The van der Waals surface area contributed by atoms with Gasteiger partial charge in [-0.1, -0.05) is 0 Å². The van der Waals surface area contributed by atoms with E-state index in [2.05, 4.69) is 14.9 Å². The smallest absolute Gasteiger partial charge is 0.410 e. The summed E-state index contributed by atoms with van der Waals surface area (Å²) in [5, 5.41) is 0.543. The first-order valence-corrected chi connectivity index (χ1v) is 12.0. The lowest BCUT2D eigenvalue weighted by molar-refractivity contribution is 0.0136. The van der Waals surface area contributed by atoms with Gasteiger partial charge in [0.15, 0.2) is 23.1 Å². The minimum atomic E-state index is -0.592. The zero-order valence-corrected chi connectivity index (χ0v) is 21.5. The van der Waals surface area contributed by atoms with Crippen molar-refractivity contribution < 1.29 is 28.1 Å². The van der Waals surface area contributed by atoms with Crippen molar-refractivity contribution in [1.29, 1.82) is 0 Å². The Morgan fingerprint density at radius 1 is 1.05 bits per heavy atom. The summed E-state index contributed by atoms with van der Waals surface area (Å²) in [5.41, 5.74) is 5.96. The van der Waals surface area contributed by atoms with Crippen molar-refractivity contribution >= 4 is 22.7 Å². The van der Waals surface area contributed by atoms with Gasteiger partial charge in [0.25, 0.3) is 0 Å². The zero-order chi connectivity index (χ0) is 26.6. The standard InChI is InChI=1S/C26H32FN5O5/c1-26(2,3)37-25(33)32-9-7-31(8-10-32)11-12-35-23-15-20-18(14-22(23)34-4)24(30-16-29-20)36-21-6-5-17(28)13-19(21)27/h5-6,13-16H,7-12,28H2,1-4H3. The second-order valence-electron chi connectivity index (χ2n) is 9.65. The third-order valence-electron chi connectivity index (χ3n) is 5.74. The van der Waals surface area contributed by atoms with Crippen LogP contribution in [0.3, 0.4) is 0 Å². The number of carbonyl (C=O) groups is 1. The second kappa shape index (κ2) is 11.0. The van der Waals surface area contributed by atoms with E-state index in [0.29, 0.717) is 54.3 Å². The van der Waals surface area contributed by atoms with Gasteiger partial charge in [0, 0.05) is 50.5 Å². The lowest BCUT2D eigenvalue weighted by atomic mass is 10.2. The Hall–Kier alpha value is -3.86. The van der Waals surface area contributed by atoms with Gasteiger partial charge in [0.2, 0.25) is 5.88 Å². The molecule has 1 aliphatic rings. The van der Waals surface area contributed by atoms with Crippen LogP contribution in [0, 0.1) is 5.82 Å². The summed E-state index contributed by atoms with van der Waals surface area (Å²) in [7, 11) is 1.54. The summed E-state index contributed by atoms with van der Waals surface area (Å²) in [6.07, 6.45) is 1.06. The minimum Gasteiger partial charge on any atom is -0.493 e. The number of nitrogens with zero attached hydrogens (tertiary/aromatic N) is 4. The van der Waals surface area contributed by atoms with Crippen LogP contribution in [-0.2, 0) is 4.74 Å². The third kappa shape index (κ3) is 6.67. The largest absolute Gasteiger partial charge is 0.493 e. The van der Waals surface area contributed by atoms with E-state index in [4.69, 9.17) is 24.7 Å². The highest BCUT2D eigenvalue weighted by atomic mass is 19.1. The molecule has 1 fully saturated rings. The van der Waals surface area contributed by atoms with E-state index in [-0.39, 0.29) is 17.7 Å². The molecule has 37 heavy (non-hydrogen) atoms. The van der Waals surface area contributed by atoms with Crippen molar-refractivity contribution in [1.82, 2.24) is 19.8 Å². The van der Waals surface area contributed by atoms with Crippen molar-refractivity contribution in [2.75, 3.05) is 52.2 Å². The summed E-state index contributed by atoms with van der Waals surface area (Å²) < 4.78 is 36.9. The Balaban J connectivity index is 1.38. The van der Waals surface area contributed by atoms with Gasteiger partial charge in [-0.15, -0.1) is 0 Å². The van der Waals surface area contributed by atoms with Gasteiger partial charge in [-0.2, -0.15) is 0 Å². The SMILES string of the molecule is COc1cc2c(Oc3ccc(N)cc3F)ncnc2cc1OCCN1CCN(C(=O)OC(C)(C)C)CC1. The predicted octanol–water partition coefficient (Wildman–Crippen LogP) is 4.08. The Morgan fingerprint density at radius 2 is 1.81 bits per heavy atom. The molecule has 10 nitrogen and oxygen atoms in total. The molecule has 0 spiro atoms. The van der Waals surface area contributed by atoms with Crippen LogP contribution < -0.4 is 19.9 Å². The highest BCUT2D eigenvalue weighted by Gasteiger charge is 2.25. The van der Waals surface area contributed by atoms with E-state index >= 15 is 0 Å². The number of methoxy groups -OCH3 is 1. The molecular formula is C26H32FN5O5. The number of ether oxygens (including phenoxy) is 4. The number of hydrogen-bond donors (Lipinski definition) is 1. The van der Waals surface area contributed by atoms with Crippen LogP contribution in [0.25, 0.3) is 10.9 Å². The third-order valence-corrected chi connectivity index (χ3v) is 5.74. The van der Waals surface area contributed by atoms with Crippen LogP contribution >= 0.6 is 0 Å². The average molecular weight is 514 g/mol. The van der Waals surface area contributed by atoms with E-state index in [1.165, 1.54) is 25.6 Å². The molecule has 0 radical (unpaired) electrons. The van der Waals surface area contributed by atoms with Gasteiger partial charge >= 0.3 is 6.09 Å². The predicted molar refractivity (Wildman–Crippen MR) is 137 cm³/mol. The molecule has 0 unspecified atom stereocenters. The molecule has 3 aromatic rings. The number of aromatic nitrogens is 2. The first kappa shape index (κ1) is 26.2. The molecule has 1 aliphatic heterocycles. The molecule has 1 amide bonds. The normalized spacial score (nSPS) is 14.5. The Morgan fingerprint density at radius 3 is 2.49 bits per heavy atom. The maximum Gasteiger partial charge on any atom is 0.410 e. The van der Waals surface area contributed by atoms with E-state index in [0.717, 1.165) is 13.1 Å². The van der Waals surface area contributed by atoms with Crippen LogP contribution in [0.4, 0.5) is 14.9 Å². The number of fused-ring (bicyclic) bond motifs is 1. The van der Waals surface area contributed by atoms with Crippen molar-refractivity contribution in [3.8, 4) is 23.1 Å². The van der Waals surface area contributed by atoms with Gasteiger partial charge in [-0.3, -0.25) is 4.90 Å². The molecule has 2 N–H and O–H groups in total. The monoisotopic (exact) mass is 513 g/mol. The molecule has 0 atom stereocenters. The number of benzene rings is 2. The van der Waals surface area contributed by atoms with Crippen LogP contribution in [0.2, 0.25) is 0 Å². The molecule has 2 aromatic carbocycles. The Kier molecular flexibility index (Phi) is 7.82. The highest BCUT2D eigenvalue weighted by molar-refractivity contribution is 5.87. The maximum atomic E-state index is 14.2. The quantitative estimate of drug-likeness (QED) is 0.467. The molecule has 11 heteroatoms. The van der Waals surface area contributed by atoms with E-state index < -0.39 is 11.4 Å². The first-order valence-electron chi connectivity index (χ1n) is 12.0. The number of nitrogens with two attached hydrogens (primary N) is 1. The lowest BCUT2D eigenvalue weighted by Gasteiger charge is -2.35. The number of anilines is 1. The van der Waals surface area contributed by atoms with Crippen LogP contribution in [0.15, 0.2) is 36.7 Å². The summed E-state index contributed by atoms with van der Waals surface area (Å²) >= 11 is 0. The molecular weight excluding hydrogens is 481 g/mol. The Labute approximate surface area is 215 Å². The summed E-state index contributed by atoms with van der Waals surface area (Å²) in [4.78, 5) is 24.7. The molecule has 0 aliphatic carbocycles. The number of rotatable bonds is 7. The van der Waals surface area contributed by atoms with E-state index in [1.54, 1.807) is 23.1 Å². The van der Waals surface area contributed by atoms with Gasteiger partial charge in [0.05, 0.1) is 18.0 Å². The van der Waals surface area contributed by atoms with Gasteiger partial charge in [-0.25, -0.2) is 19.2 Å². The Bertz CT molecular complexity index is 1260. The second-order valence-corrected chi connectivity index (χ2v) is 9.65. The number of halogens is 1. The average Bonchev–Trinajstić information content (AvgIpc) is 2.85. The van der Waals surface area contributed by atoms with Crippen molar-refractivity contribution in [3.05, 3.63) is 42.5 Å². The van der Waals surface area contributed by atoms with Crippen molar-refractivity contribution in [2.45, 2.75) is 26.4 Å². The van der Waals surface area contributed by atoms with Crippen LogP contribution in [0.1, 0.15) is 20.8 Å². The van der Waals surface area contributed by atoms with Crippen molar-refractivity contribution in [3.63, 3.8) is 0 Å². The molecule has 198 valence electrons. The van der Waals surface area contributed by atoms with Crippen molar-refractivity contribution in [2.24, 2.45) is 0 Å². The summed E-state index contributed by atoms with van der Waals surface area (Å²) in [6.45, 7) is 9.33. The molecule has 2 heterocycles. The number of amides is 1. The number of nitrogen functional groups attached to an aromatic ring is 1. The zero-order valence-electron chi connectivity index (χ0n) is 21.5. The van der Waals surface area contributed by atoms with Gasteiger partial charge in [0.1, 0.15) is 18.5 Å². The fourth-order valence-corrected chi connectivity index (χ4v) is 3.86. The van der Waals surface area contributed by atoms with E-state index in [1.807, 2.05) is 20.8 Å². The molecule has 1 saturated heterocycles. The molecule has 0 bridgehead atoms. The molecule has 1 aromatic heterocycles. The fraction of sp³-hybridized carbons (Fsp3) is 0.423. The van der Waals surface area contributed by atoms with Crippen LogP contribution in [0.5, 0.6) is 23.1 Å². The minimum absolute atomic E-state index is 0.000240. The summed E-state index contributed by atoms with van der Waals surface area (Å²) in [5.74, 6) is 0.581. The molecule has 4 rings (SSSR count). The number of carbonyl (C=O) groups excluding carboxylic acids is 1. The maximum absolute atomic E-state index is 14.2.